The van der Waals surface area contributed by atoms with Crippen LogP contribution < -0.4 is 16.0 Å². The third-order valence-electron chi connectivity index (χ3n) is 13.6. The third kappa shape index (κ3) is 16.5. The second-order valence-corrected chi connectivity index (χ2v) is 23.0. The Bertz CT molecular complexity index is 3940. The third-order valence-corrected chi connectivity index (χ3v) is 14.2. The summed E-state index contributed by atoms with van der Waals surface area (Å²) in [7, 11) is 0. The van der Waals surface area contributed by atoms with Gasteiger partial charge in [-0.25, -0.2) is 4.68 Å². The predicted molar refractivity (Wildman–Crippen MR) is 315 cm³/mol. The average Bonchev–Trinajstić information content (AvgIpc) is 1.89. The Hall–Kier alpha value is -9.11. The Morgan fingerprint density at radius 2 is 0.831 bits per heavy atom. The molecule has 9 rings (SSSR count). The SMILES string of the molecule is CC(C)(NC(=O)c1cc(-c2ccc(Cl)cc2)cc(-n2cnnn2)c1)C(F)(F)F.CC(C)c1nnnn1-c1cc(C(=O)NC(C)(C)C(F)(F)F)cc(-c2ccc(Cl)cc2)c1.CCc1nnnn1-c1cc(C(=O)NC(C)(C)C(F)(F)F)cc(-c2ccc(C)cc2)c1. The molecular weight excluding hydrogens is 1220 g/mol. The van der Waals surface area contributed by atoms with Crippen molar-refractivity contribution in [3.63, 3.8) is 0 Å². The minimum absolute atomic E-state index is 0.0179. The van der Waals surface area contributed by atoms with Crippen molar-refractivity contribution < 1.29 is 53.9 Å². The maximum Gasteiger partial charge on any atom is 0.410 e. The Balaban J connectivity index is 0.000000190. The smallest absolute Gasteiger partial charge is 0.338 e. The molecule has 0 bridgehead atoms. The van der Waals surface area contributed by atoms with Crippen LogP contribution in [0.15, 0.2) is 134 Å². The molecule has 3 N–H and O–H groups in total. The molecule has 89 heavy (non-hydrogen) atoms. The Labute approximate surface area is 514 Å². The molecule has 0 fully saturated rings. The van der Waals surface area contributed by atoms with E-state index in [4.69, 9.17) is 23.2 Å². The highest BCUT2D eigenvalue weighted by Crippen LogP contribution is 2.35. The summed E-state index contributed by atoms with van der Waals surface area (Å²) >= 11 is 11.9. The first-order valence-electron chi connectivity index (χ1n) is 27.0. The highest BCUT2D eigenvalue weighted by atomic mass is 35.5. The van der Waals surface area contributed by atoms with Gasteiger partial charge in [-0.1, -0.05) is 98.1 Å². The molecule has 6 aromatic carbocycles. The number of nitrogens with one attached hydrogen (secondary N) is 3. The van der Waals surface area contributed by atoms with E-state index in [0.717, 1.165) is 63.8 Å². The number of hydrogen-bond acceptors (Lipinski definition) is 12. The van der Waals surface area contributed by atoms with Crippen molar-refractivity contribution in [1.29, 1.82) is 0 Å². The number of amides is 3. The van der Waals surface area contributed by atoms with Crippen LogP contribution in [0.3, 0.4) is 0 Å². The van der Waals surface area contributed by atoms with Crippen LogP contribution in [0.25, 0.3) is 50.4 Å². The fourth-order valence-electron chi connectivity index (χ4n) is 8.06. The Morgan fingerprint density at radius 1 is 0.472 bits per heavy atom. The molecule has 18 nitrogen and oxygen atoms in total. The summed E-state index contributed by atoms with van der Waals surface area (Å²) in [6.45, 7) is 13.1. The topological polar surface area (TPSA) is 218 Å². The summed E-state index contributed by atoms with van der Waals surface area (Å²) in [4.78, 5) is 38.1. The second-order valence-electron chi connectivity index (χ2n) is 22.1. The molecule has 0 saturated carbocycles. The average molecular weight is 1280 g/mol. The molecule has 0 unspecified atom stereocenters. The predicted octanol–water partition coefficient (Wildman–Crippen LogP) is 13.5. The fourth-order valence-corrected chi connectivity index (χ4v) is 8.31. The molecule has 9 aromatic rings. The molecule has 0 atom stereocenters. The molecule has 3 heterocycles. The van der Waals surface area contributed by atoms with Gasteiger partial charge in [0.05, 0.1) is 17.1 Å². The van der Waals surface area contributed by atoms with Gasteiger partial charge >= 0.3 is 18.5 Å². The van der Waals surface area contributed by atoms with Crippen LogP contribution in [0.2, 0.25) is 10.0 Å². The zero-order valence-corrected chi connectivity index (χ0v) is 50.7. The van der Waals surface area contributed by atoms with Crippen molar-refractivity contribution >= 4 is 40.9 Å². The first-order valence-corrected chi connectivity index (χ1v) is 27.7. The van der Waals surface area contributed by atoms with Gasteiger partial charge in [0.25, 0.3) is 17.7 Å². The number of nitrogens with zero attached hydrogens (tertiary/aromatic N) is 12. The molecule has 468 valence electrons. The fraction of sp³-hybridized carbons (Fsp3) is 0.300. The molecule has 0 spiro atoms. The van der Waals surface area contributed by atoms with E-state index >= 15 is 0 Å². The minimum atomic E-state index is -4.61. The standard InChI is InChI=1S/C21H21ClF3N5O.C21H22F3N5O.C18H15ClF3N5O/c1-12(2)18-27-28-29-30(18)17-10-14(13-5-7-16(22)8-6-13)9-15(11-17)19(31)26-20(3,4)21(23,24)25;1-5-18-26-27-28-29(18)17-11-15(14-8-6-13(2)7-9-14)10-16(12-17)19(30)25-20(3,4)21(22,23)24;1-17(2,18(20,21)22)24-16(28)13-7-12(11-3-5-14(19)6-4-11)8-15(9-13)27-10-23-25-26-27/h5-12H,1-4H3,(H,26,31);6-12H,5H2,1-4H3,(H,25,30);3-10H,1-2H3,(H,24,28). The van der Waals surface area contributed by atoms with Crippen molar-refractivity contribution in [3.8, 4) is 50.4 Å². The molecule has 3 aromatic heterocycles. The van der Waals surface area contributed by atoms with Crippen molar-refractivity contribution in [2.75, 3.05) is 0 Å². The van der Waals surface area contributed by atoms with E-state index in [1.807, 2.05) is 57.3 Å². The summed E-state index contributed by atoms with van der Waals surface area (Å²) in [6, 6.07) is 35.5. The van der Waals surface area contributed by atoms with E-state index in [1.54, 1.807) is 72.8 Å². The van der Waals surface area contributed by atoms with Gasteiger partial charge in [-0.2, -0.15) is 48.9 Å². The highest BCUT2D eigenvalue weighted by molar-refractivity contribution is 6.31. The van der Waals surface area contributed by atoms with Crippen molar-refractivity contribution in [3.05, 3.63) is 178 Å². The van der Waals surface area contributed by atoms with Crippen LogP contribution in [0, 0.1) is 6.92 Å². The first-order chi connectivity index (χ1) is 41.5. The largest absolute Gasteiger partial charge is 0.410 e. The maximum absolute atomic E-state index is 13.3. The van der Waals surface area contributed by atoms with Crippen molar-refractivity contribution in [2.24, 2.45) is 0 Å². The first kappa shape index (κ1) is 67.4. The van der Waals surface area contributed by atoms with Crippen molar-refractivity contribution in [1.82, 2.24) is 76.6 Å². The number of halogens is 11. The maximum atomic E-state index is 13.3. The van der Waals surface area contributed by atoms with Crippen LogP contribution in [0.1, 0.15) is 117 Å². The zero-order chi connectivity index (χ0) is 65.6. The van der Waals surface area contributed by atoms with Crippen LogP contribution in [0.4, 0.5) is 39.5 Å². The van der Waals surface area contributed by atoms with E-state index in [2.05, 4.69) is 57.2 Å². The summed E-state index contributed by atoms with van der Waals surface area (Å²) < 4.78 is 123. The van der Waals surface area contributed by atoms with Gasteiger partial charge < -0.3 is 16.0 Å². The molecule has 0 aliphatic heterocycles. The van der Waals surface area contributed by atoms with Gasteiger partial charge in [0.15, 0.2) is 11.6 Å². The van der Waals surface area contributed by atoms with E-state index < -0.39 is 52.9 Å². The van der Waals surface area contributed by atoms with Gasteiger partial charge in [-0.15, -0.1) is 15.3 Å². The molecule has 3 amide bonds. The Kier molecular flexibility index (Phi) is 20.2. The van der Waals surface area contributed by atoms with Gasteiger partial charge in [0.1, 0.15) is 22.9 Å². The van der Waals surface area contributed by atoms with E-state index in [9.17, 15) is 53.9 Å². The minimum Gasteiger partial charge on any atom is -0.338 e. The monoisotopic (exact) mass is 1280 g/mol. The van der Waals surface area contributed by atoms with E-state index in [0.29, 0.717) is 61.9 Å². The quantitative estimate of drug-likeness (QED) is 0.0866. The number of tetrazole rings is 3. The number of benzene rings is 6. The molecule has 0 radical (unpaired) electrons. The normalized spacial score (nSPS) is 12.2. The lowest BCUT2D eigenvalue weighted by molar-refractivity contribution is -0.183. The highest BCUT2D eigenvalue weighted by Gasteiger charge is 2.50. The van der Waals surface area contributed by atoms with E-state index in [1.165, 1.54) is 50.7 Å². The second kappa shape index (κ2) is 26.7. The molecular formula is C60H58Cl2F9N15O3. The van der Waals surface area contributed by atoms with Crippen LogP contribution in [0.5, 0.6) is 0 Å². The van der Waals surface area contributed by atoms with Gasteiger partial charge in [-0.05, 0) is 192 Å². The molecule has 0 aliphatic rings. The van der Waals surface area contributed by atoms with E-state index in [-0.39, 0.29) is 22.6 Å². The summed E-state index contributed by atoms with van der Waals surface area (Å²) in [5.74, 6) is -1.46. The lowest BCUT2D eigenvalue weighted by atomic mass is 9.99. The molecule has 29 heteroatoms. The van der Waals surface area contributed by atoms with Crippen molar-refractivity contribution in [2.45, 2.75) is 117 Å². The number of carbonyl (C=O) groups excluding carboxylic acids is 3. The van der Waals surface area contributed by atoms with Crippen LogP contribution in [-0.2, 0) is 6.42 Å². The zero-order valence-electron chi connectivity index (χ0n) is 49.2. The number of aromatic nitrogens is 12. The Morgan fingerprint density at radius 3 is 1.20 bits per heavy atom. The number of aryl methyl sites for hydroxylation is 2. The lowest BCUT2D eigenvalue weighted by Gasteiger charge is -2.29. The number of carbonyl (C=O) groups is 3. The lowest BCUT2D eigenvalue weighted by Crippen LogP contribution is -2.54. The van der Waals surface area contributed by atoms with Crippen LogP contribution in [-0.4, -0.2) is 113 Å². The molecule has 0 aliphatic carbocycles. The molecule has 0 saturated heterocycles. The van der Waals surface area contributed by atoms with Gasteiger partial charge in [0, 0.05) is 39.1 Å². The summed E-state index contributed by atoms with van der Waals surface area (Å²) in [6.07, 6.45) is -11.9. The number of alkyl halides is 9. The number of hydrogen-bond donors (Lipinski definition) is 3. The van der Waals surface area contributed by atoms with Crippen LogP contribution >= 0.6 is 23.2 Å². The van der Waals surface area contributed by atoms with Gasteiger partial charge in [0.2, 0.25) is 0 Å². The number of rotatable bonds is 14. The summed E-state index contributed by atoms with van der Waals surface area (Å²) in [5.41, 5.74) is -0.439. The van der Waals surface area contributed by atoms with Gasteiger partial charge in [-0.3, -0.25) is 14.4 Å². The summed E-state index contributed by atoms with van der Waals surface area (Å²) in [5, 5.41) is 41.4.